The number of benzene rings is 13. The molecule has 2 aliphatic heterocycles. The van der Waals surface area contributed by atoms with Crippen molar-refractivity contribution in [1.29, 1.82) is 0 Å². The van der Waals surface area contributed by atoms with Crippen LogP contribution in [0.4, 0.5) is 17.1 Å². The lowest BCUT2D eigenvalue weighted by Gasteiger charge is -2.41. The van der Waals surface area contributed by atoms with Gasteiger partial charge in [0, 0.05) is 99.2 Å². The smallest absolute Gasteiger partial charge is 0.252 e. The lowest BCUT2D eigenvalue weighted by atomic mass is 9.34. The van der Waals surface area contributed by atoms with Crippen LogP contribution in [0.5, 0.6) is 0 Å². The van der Waals surface area contributed by atoms with Gasteiger partial charge in [0.1, 0.15) is 0 Å². The maximum Gasteiger partial charge on any atom is 0.252 e. The first kappa shape index (κ1) is 45.4. The molecule has 0 bridgehead atoms. The van der Waals surface area contributed by atoms with E-state index in [1.165, 1.54) is 131 Å². The molecule has 0 spiro atoms. The van der Waals surface area contributed by atoms with E-state index in [9.17, 15) is 0 Å². The van der Waals surface area contributed by atoms with Crippen LogP contribution in [0.25, 0.3) is 137 Å². The molecular formula is C78H47BN6. The summed E-state index contributed by atoms with van der Waals surface area (Å²) < 4.78 is 12.8. The van der Waals surface area contributed by atoms with Crippen LogP contribution in [0.1, 0.15) is 0 Å². The summed E-state index contributed by atoms with van der Waals surface area (Å²) in [6.45, 7) is -0.0726. The molecule has 2 aliphatic rings. The van der Waals surface area contributed by atoms with Crippen molar-refractivity contribution in [2.45, 2.75) is 0 Å². The van der Waals surface area contributed by atoms with Crippen LogP contribution in [0.15, 0.2) is 285 Å². The van der Waals surface area contributed by atoms with E-state index in [2.05, 4.69) is 313 Å². The summed E-state index contributed by atoms with van der Waals surface area (Å²) in [5.74, 6) is 0. The van der Waals surface area contributed by atoms with Crippen LogP contribution in [0.3, 0.4) is 0 Å². The predicted molar refractivity (Wildman–Crippen MR) is 357 cm³/mol. The topological polar surface area (TPSA) is 27.9 Å². The molecule has 392 valence electrons. The molecule has 0 amide bonds. The number of aromatic nitrogens is 5. The molecule has 0 saturated heterocycles. The Hall–Kier alpha value is -11.3. The lowest BCUT2D eigenvalue weighted by molar-refractivity contribution is 1.13. The number of hydrogen-bond acceptors (Lipinski definition) is 1. The Kier molecular flexibility index (Phi) is 8.90. The molecule has 0 unspecified atom stereocenters. The van der Waals surface area contributed by atoms with Gasteiger partial charge in [-0.15, -0.1) is 0 Å². The van der Waals surface area contributed by atoms with Gasteiger partial charge >= 0.3 is 0 Å². The Labute approximate surface area is 487 Å². The van der Waals surface area contributed by atoms with Gasteiger partial charge in [-0.05, 0) is 113 Å². The maximum absolute atomic E-state index is 2.61. The second-order valence-electron chi connectivity index (χ2n) is 23.1. The number of fused-ring (bicyclic) bond motifs is 22. The minimum absolute atomic E-state index is 0.0726. The molecule has 13 aromatic carbocycles. The van der Waals surface area contributed by atoms with Crippen molar-refractivity contribution >= 4 is 149 Å². The van der Waals surface area contributed by atoms with Gasteiger partial charge in [0.15, 0.2) is 0 Å². The average Bonchev–Trinajstić information content (AvgIpc) is 2.18. The Morgan fingerprint density at radius 1 is 0.212 bits per heavy atom. The van der Waals surface area contributed by atoms with Gasteiger partial charge < -0.3 is 27.7 Å². The first-order valence-corrected chi connectivity index (χ1v) is 29.5. The quantitative estimate of drug-likeness (QED) is 0.158. The number of rotatable bonds is 5. The van der Waals surface area contributed by atoms with Crippen molar-refractivity contribution < 1.29 is 0 Å². The van der Waals surface area contributed by atoms with E-state index in [0.717, 1.165) is 39.6 Å². The monoisotopic (exact) mass is 1080 g/mol. The summed E-state index contributed by atoms with van der Waals surface area (Å²) in [6.07, 6.45) is 0. The standard InChI is InChI=1S/C78H47BN6/c1-4-23-48(24-5-1)80-68-45-51(43-44-60(68)79-61-36-22-35-56-55-31-12-18-39-64(55)85(75(56)61)70-47-52(46-69(80)74(70)79)81-62-37-16-10-29-53(62)54-30-11-17-38-63(54)81)84-67-42-21-15-34-59(67)73-77-71(57-32-13-19-40-65(57)82(77)49-25-6-2-7-26-49)76-72(78(73)84)58-33-14-20-41-66(58)83(76)50-27-8-3-9-28-50/h1-47H. The lowest BCUT2D eigenvalue weighted by Crippen LogP contribution is -2.60. The van der Waals surface area contributed by atoms with E-state index in [0.29, 0.717) is 0 Å². The van der Waals surface area contributed by atoms with Gasteiger partial charge in [-0.1, -0.05) is 188 Å². The third kappa shape index (κ3) is 5.83. The zero-order valence-electron chi connectivity index (χ0n) is 45.9. The number of para-hydroxylation sites is 10. The largest absolute Gasteiger partial charge is 0.311 e. The van der Waals surface area contributed by atoms with Crippen molar-refractivity contribution in [3.8, 4) is 28.4 Å². The van der Waals surface area contributed by atoms with E-state index in [1.807, 2.05) is 0 Å². The molecule has 0 saturated carbocycles. The highest BCUT2D eigenvalue weighted by Crippen LogP contribution is 2.51. The maximum atomic E-state index is 2.61. The molecule has 0 N–H and O–H groups in total. The summed E-state index contributed by atoms with van der Waals surface area (Å²) in [5.41, 5.74) is 24.9. The molecule has 0 fully saturated rings. The van der Waals surface area contributed by atoms with Crippen molar-refractivity contribution in [1.82, 2.24) is 22.8 Å². The summed E-state index contributed by atoms with van der Waals surface area (Å²) in [7, 11) is 0. The molecule has 5 aromatic heterocycles. The first-order chi connectivity index (χ1) is 42.3. The highest BCUT2D eigenvalue weighted by molar-refractivity contribution is 7.00. The van der Waals surface area contributed by atoms with Crippen LogP contribution < -0.4 is 21.3 Å². The molecular weight excluding hydrogens is 1030 g/mol. The van der Waals surface area contributed by atoms with Crippen molar-refractivity contribution in [3.05, 3.63) is 285 Å². The predicted octanol–water partition coefficient (Wildman–Crippen LogP) is 17.8. The van der Waals surface area contributed by atoms with Gasteiger partial charge in [-0.2, -0.15) is 0 Å². The summed E-state index contributed by atoms with van der Waals surface area (Å²) >= 11 is 0. The van der Waals surface area contributed by atoms with Crippen LogP contribution in [-0.4, -0.2) is 29.5 Å². The highest BCUT2D eigenvalue weighted by Gasteiger charge is 2.43. The SMILES string of the molecule is c1ccc(N2c3cc(-n4c5ccccc5c5c6c(c7ccccc7n6-c6ccccc6)c6c(c7ccccc7n6-c6ccccc6)c54)ccc3B3c4c2cc(-n2c5ccccc5c5ccccc52)cc4-n2c4ccccc4c4cccc3c42)cc1. The van der Waals surface area contributed by atoms with Crippen molar-refractivity contribution in [3.63, 3.8) is 0 Å². The fourth-order valence-electron chi connectivity index (χ4n) is 15.8. The molecule has 6 nitrogen and oxygen atoms in total. The van der Waals surface area contributed by atoms with Gasteiger partial charge in [-0.3, -0.25) is 0 Å². The highest BCUT2D eigenvalue weighted by atomic mass is 15.2. The van der Waals surface area contributed by atoms with E-state index < -0.39 is 0 Å². The van der Waals surface area contributed by atoms with Crippen LogP contribution >= 0.6 is 0 Å². The van der Waals surface area contributed by atoms with Gasteiger partial charge in [0.25, 0.3) is 6.71 Å². The number of anilines is 3. The zero-order chi connectivity index (χ0) is 55.2. The number of nitrogens with zero attached hydrogens (tertiary/aromatic N) is 6. The van der Waals surface area contributed by atoms with E-state index in [4.69, 9.17) is 0 Å². The fourth-order valence-corrected chi connectivity index (χ4v) is 15.8. The van der Waals surface area contributed by atoms with Crippen molar-refractivity contribution in [2.75, 3.05) is 4.90 Å². The number of hydrogen-bond donors (Lipinski definition) is 0. The second kappa shape index (κ2) is 16.7. The summed E-state index contributed by atoms with van der Waals surface area (Å²) in [6, 6.07) is 106. The average molecular weight is 1080 g/mol. The van der Waals surface area contributed by atoms with E-state index >= 15 is 0 Å². The molecule has 85 heavy (non-hydrogen) atoms. The Morgan fingerprint density at radius 3 is 1.09 bits per heavy atom. The molecule has 0 radical (unpaired) electrons. The molecule has 20 rings (SSSR count). The van der Waals surface area contributed by atoms with Crippen LogP contribution in [0, 0.1) is 0 Å². The fraction of sp³-hybridized carbons (Fsp3) is 0. The first-order valence-electron chi connectivity index (χ1n) is 29.5. The van der Waals surface area contributed by atoms with Gasteiger partial charge in [0.2, 0.25) is 0 Å². The van der Waals surface area contributed by atoms with Gasteiger partial charge in [0.05, 0.1) is 55.3 Å². The Balaban J connectivity index is 0.961. The summed E-state index contributed by atoms with van der Waals surface area (Å²) in [5, 5.41) is 12.3. The van der Waals surface area contributed by atoms with Gasteiger partial charge in [-0.25, -0.2) is 0 Å². The van der Waals surface area contributed by atoms with Crippen LogP contribution in [0.2, 0.25) is 0 Å². The van der Waals surface area contributed by atoms with Crippen molar-refractivity contribution in [2.24, 2.45) is 0 Å². The Morgan fingerprint density at radius 2 is 0.588 bits per heavy atom. The molecule has 7 heterocycles. The minimum atomic E-state index is -0.0726. The Bertz CT molecular complexity index is 5800. The zero-order valence-corrected chi connectivity index (χ0v) is 45.9. The molecule has 7 heteroatoms. The normalized spacial score (nSPS) is 12.9. The van der Waals surface area contributed by atoms with E-state index in [-0.39, 0.29) is 6.71 Å². The molecule has 0 aliphatic carbocycles. The third-order valence-electron chi connectivity index (χ3n) is 19.0. The third-order valence-corrected chi connectivity index (χ3v) is 19.0. The molecule has 18 aromatic rings. The molecule has 0 atom stereocenters. The minimum Gasteiger partial charge on any atom is -0.311 e. The van der Waals surface area contributed by atoms with Crippen LogP contribution in [-0.2, 0) is 0 Å². The van der Waals surface area contributed by atoms with E-state index in [1.54, 1.807) is 0 Å². The second-order valence-corrected chi connectivity index (χ2v) is 23.1. The summed E-state index contributed by atoms with van der Waals surface area (Å²) in [4.78, 5) is 2.58.